The van der Waals surface area contributed by atoms with Crippen molar-refractivity contribution in [3.63, 3.8) is 0 Å². The molecule has 0 saturated heterocycles. The van der Waals surface area contributed by atoms with E-state index in [9.17, 15) is 4.79 Å². The minimum Gasteiger partial charge on any atom is -0.497 e. The summed E-state index contributed by atoms with van der Waals surface area (Å²) >= 11 is 2.66. The molecule has 160 valence electrons. The highest BCUT2D eigenvalue weighted by Gasteiger charge is 2.22. The normalized spacial score (nSPS) is 12.1. The molecule has 1 atom stereocenters. The summed E-state index contributed by atoms with van der Waals surface area (Å²) in [6.07, 6.45) is -0.319. The lowest BCUT2D eigenvalue weighted by Crippen LogP contribution is -2.16. The highest BCUT2D eigenvalue weighted by molar-refractivity contribution is 7.99. The third kappa shape index (κ3) is 5.48. The second-order valence-corrected chi connectivity index (χ2v) is 8.83. The summed E-state index contributed by atoms with van der Waals surface area (Å²) in [5.74, 6) is 2.20. The molecule has 0 radical (unpaired) electrons. The van der Waals surface area contributed by atoms with Crippen LogP contribution in [0, 0.1) is 6.92 Å². The number of aryl methyl sites for hydroxylation is 1. The molecule has 2 aromatic heterocycles. The number of nitrogens with zero attached hydrogens (tertiary/aromatic N) is 5. The molecule has 1 N–H and O–H groups in total. The first-order chi connectivity index (χ1) is 14.4. The molecule has 0 fully saturated rings. The Morgan fingerprint density at radius 1 is 1.13 bits per heavy atom. The Labute approximate surface area is 183 Å². The number of methoxy groups -OCH3 is 1. The summed E-state index contributed by atoms with van der Waals surface area (Å²) in [7, 11) is 1.62. The van der Waals surface area contributed by atoms with Crippen LogP contribution in [0.2, 0.25) is 0 Å². The van der Waals surface area contributed by atoms with E-state index < -0.39 is 0 Å². The van der Waals surface area contributed by atoms with E-state index in [4.69, 9.17) is 9.47 Å². The molecule has 0 bridgehead atoms. The molecular formula is C19H24N6O3S2. The van der Waals surface area contributed by atoms with Crippen molar-refractivity contribution in [2.75, 3.05) is 18.2 Å². The predicted molar refractivity (Wildman–Crippen MR) is 116 cm³/mol. The fraction of sp³-hybridized carbons (Fsp3) is 0.421. The third-order valence-corrected chi connectivity index (χ3v) is 5.75. The van der Waals surface area contributed by atoms with Gasteiger partial charge in [-0.15, -0.1) is 20.4 Å². The Balaban J connectivity index is 1.66. The molecular weight excluding hydrogens is 424 g/mol. The van der Waals surface area contributed by atoms with Crippen LogP contribution in [0.5, 0.6) is 11.5 Å². The molecule has 0 aliphatic heterocycles. The number of rotatable bonds is 9. The Morgan fingerprint density at radius 2 is 1.83 bits per heavy atom. The summed E-state index contributed by atoms with van der Waals surface area (Å²) in [6, 6.07) is 7.48. The van der Waals surface area contributed by atoms with Gasteiger partial charge < -0.3 is 14.0 Å². The summed E-state index contributed by atoms with van der Waals surface area (Å²) < 4.78 is 13.2. The second-order valence-electron chi connectivity index (χ2n) is 6.70. The highest BCUT2D eigenvalue weighted by Crippen LogP contribution is 2.28. The van der Waals surface area contributed by atoms with Gasteiger partial charge in [0.2, 0.25) is 11.0 Å². The fourth-order valence-corrected chi connectivity index (χ4v) is 4.18. The Bertz CT molecular complexity index is 987. The number of hydrogen-bond donors (Lipinski definition) is 1. The number of carbonyl (C=O) groups is 1. The molecule has 1 aromatic carbocycles. The average molecular weight is 449 g/mol. The van der Waals surface area contributed by atoms with Crippen LogP contribution in [0.25, 0.3) is 0 Å². The monoisotopic (exact) mass is 448 g/mol. The average Bonchev–Trinajstić information content (AvgIpc) is 3.33. The van der Waals surface area contributed by atoms with Crippen LogP contribution in [0.1, 0.15) is 43.7 Å². The minimum absolute atomic E-state index is 0.105. The van der Waals surface area contributed by atoms with Crippen molar-refractivity contribution in [2.24, 2.45) is 0 Å². The van der Waals surface area contributed by atoms with Crippen LogP contribution < -0.4 is 14.8 Å². The number of carbonyl (C=O) groups excluding carboxylic acids is 1. The van der Waals surface area contributed by atoms with E-state index in [1.165, 1.54) is 23.1 Å². The Kier molecular flexibility index (Phi) is 7.27. The van der Waals surface area contributed by atoms with Gasteiger partial charge in [0.15, 0.2) is 17.1 Å². The standard InChI is InChI=1S/C19H24N6O3S2/c1-11(2)25-17(12(3)28-15-8-6-14(27-5)7-9-15)22-24-19(25)29-10-16(26)20-18-23-21-13(4)30-18/h6-9,11-12H,10H2,1-5H3,(H,20,23,26). The van der Waals surface area contributed by atoms with E-state index in [1.807, 2.05) is 56.5 Å². The van der Waals surface area contributed by atoms with E-state index in [1.54, 1.807) is 7.11 Å². The van der Waals surface area contributed by atoms with Crippen LogP contribution in [-0.2, 0) is 4.79 Å². The molecule has 3 rings (SSSR count). The number of hydrogen-bond acceptors (Lipinski definition) is 9. The number of thioether (sulfide) groups is 1. The first kappa shape index (κ1) is 22.0. The van der Waals surface area contributed by atoms with Gasteiger partial charge in [-0.2, -0.15) is 0 Å². The van der Waals surface area contributed by atoms with Gasteiger partial charge in [0.05, 0.1) is 12.9 Å². The molecule has 2 heterocycles. The van der Waals surface area contributed by atoms with Crippen LogP contribution >= 0.6 is 23.1 Å². The van der Waals surface area contributed by atoms with Gasteiger partial charge >= 0.3 is 0 Å². The predicted octanol–water partition coefficient (Wildman–Crippen LogP) is 3.90. The number of nitrogens with one attached hydrogen (secondary N) is 1. The molecule has 1 unspecified atom stereocenters. The largest absolute Gasteiger partial charge is 0.497 e. The summed E-state index contributed by atoms with van der Waals surface area (Å²) in [5.41, 5.74) is 0. The van der Waals surface area contributed by atoms with E-state index in [0.717, 1.165) is 10.8 Å². The Morgan fingerprint density at radius 3 is 2.43 bits per heavy atom. The van der Waals surface area contributed by atoms with Crippen molar-refractivity contribution in [2.45, 2.75) is 45.0 Å². The van der Waals surface area contributed by atoms with Gasteiger partial charge in [0.1, 0.15) is 16.5 Å². The number of anilines is 1. The van der Waals surface area contributed by atoms with Gasteiger partial charge in [-0.3, -0.25) is 10.1 Å². The van der Waals surface area contributed by atoms with Crippen molar-refractivity contribution in [1.29, 1.82) is 0 Å². The van der Waals surface area contributed by atoms with E-state index in [2.05, 4.69) is 25.7 Å². The fourth-order valence-electron chi connectivity index (χ4n) is 2.69. The summed E-state index contributed by atoms with van der Waals surface area (Å²) in [5, 5.41) is 21.1. The zero-order valence-electron chi connectivity index (χ0n) is 17.4. The lowest BCUT2D eigenvalue weighted by molar-refractivity contribution is -0.113. The molecule has 0 aliphatic rings. The third-order valence-electron chi connectivity index (χ3n) is 4.05. The number of benzene rings is 1. The maximum atomic E-state index is 12.2. The number of amides is 1. The van der Waals surface area contributed by atoms with Gasteiger partial charge in [-0.1, -0.05) is 23.1 Å². The van der Waals surface area contributed by atoms with Crippen molar-refractivity contribution < 1.29 is 14.3 Å². The second kappa shape index (κ2) is 9.90. The van der Waals surface area contributed by atoms with E-state index in [-0.39, 0.29) is 23.8 Å². The summed E-state index contributed by atoms with van der Waals surface area (Å²) in [6.45, 7) is 7.85. The lowest BCUT2D eigenvalue weighted by Gasteiger charge is -2.19. The number of ether oxygens (including phenoxy) is 2. The molecule has 3 aromatic rings. The van der Waals surface area contributed by atoms with Crippen LogP contribution in [0.15, 0.2) is 29.4 Å². The van der Waals surface area contributed by atoms with Crippen molar-refractivity contribution >= 4 is 34.1 Å². The SMILES string of the molecule is COc1ccc(OC(C)c2nnc(SCC(=O)Nc3nnc(C)s3)n2C(C)C)cc1. The van der Waals surface area contributed by atoms with Crippen LogP contribution in [0.4, 0.5) is 5.13 Å². The van der Waals surface area contributed by atoms with E-state index in [0.29, 0.717) is 21.9 Å². The van der Waals surface area contributed by atoms with Gasteiger partial charge in [0, 0.05) is 6.04 Å². The van der Waals surface area contributed by atoms with Gasteiger partial charge in [0.25, 0.3) is 0 Å². The zero-order chi connectivity index (χ0) is 21.7. The molecule has 0 saturated carbocycles. The maximum Gasteiger partial charge on any atom is 0.236 e. The minimum atomic E-state index is -0.319. The Hall–Kier alpha value is -2.66. The molecule has 11 heteroatoms. The van der Waals surface area contributed by atoms with Gasteiger partial charge in [-0.25, -0.2) is 0 Å². The van der Waals surface area contributed by atoms with Crippen molar-refractivity contribution in [3.05, 3.63) is 35.1 Å². The maximum absolute atomic E-state index is 12.2. The topological polar surface area (TPSA) is 104 Å². The van der Waals surface area contributed by atoms with E-state index >= 15 is 0 Å². The molecule has 0 aliphatic carbocycles. The first-order valence-corrected chi connectivity index (χ1v) is 11.2. The van der Waals surface area contributed by atoms with Crippen LogP contribution in [-0.4, -0.2) is 43.7 Å². The van der Waals surface area contributed by atoms with Gasteiger partial charge in [-0.05, 0) is 52.0 Å². The van der Waals surface area contributed by atoms with Crippen molar-refractivity contribution in [1.82, 2.24) is 25.0 Å². The van der Waals surface area contributed by atoms with Crippen LogP contribution in [0.3, 0.4) is 0 Å². The molecule has 9 nitrogen and oxygen atoms in total. The lowest BCUT2D eigenvalue weighted by atomic mass is 10.3. The molecule has 0 spiro atoms. The molecule has 30 heavy (non-hydrogen) atoms. The zero-order valence-corrected chi connectivity index (χ0v) is 19.1. The highest BCUT2D eigenvalue weighted by atomic mass is 32.2. The molecule has 1 amide bonds. The number of aromatic nitrogens is 5. The quantitative estimate of drug-likeness (QED) is 0.492. The first-order valence-electron chi connectivity index (χ1n) is 9.35. The smallest absolute Gasteiger partial charge is 0.236 e. The summed E-state index contributed by atoms with van der Waals surface area (Å²) in [4.78, 5) is 12.2. The van der Waals surface area contributed by atoms with Crippen molar-refractivity contribution in [3.8, 4) is 11.5 Å².